The highest BCUT2D eigenvalue weighted by Gasteiger charge is 2.22. The Labute approximate surface area is 104 Å². The molecule has 78 valence electrons. The number of alkyl halides is 4. The molecule has 1 rings (SSSR count). The van der Waals surface area contributed by atoms with Crippen LogP contribution < -0.4 is 0 Å². The summed E-state index contributed by atoms with van der Waals surface area (Å²) in [5.74, 6) is 0. The number of hydrogen-bond acceptors (Lipinski definition) is 0. The van der Waals surface area contributed by atoms with E-state index < -0.39 is 3.79 Å². The van der Waals surface area contributed by atoms with Crippen molar-refractivity contribution in [3.63, 3.8) is 0 Å². The first-order valence-electron chi connectivity index (χ1n) is 4.26. The average molecular weight is 272 g/mol. The molecule has 0 saturated carbocycles. The lowest BCUT2D eigenvalue weighted by atomic mass is 10.1. The molecule has 1 unspecified atom stereocenters. The highest BCUT2D eigenvalue weighted by Crippen LogP contribution is 2.38. The van der Waals surface area contributed by atoms with E-state index >= 15 is 0 Å². The highest BCUT2D eigenvalue weighted by molar-refractivity contribution is 6.66. The van der Waals surface area contributed by atoms with E-state index in [0.29, 0.717) is 5.56 Å². The van der Waals surface area contributed by atoms with Gasteiger partial charge in [-0.1, -0.05) is 66.0 Å². The monoisotopic (exact) mass is 270 g/mol. The van der Waals surface area contributed by atoms with Gasteiger partial charge in [-0.2, -0.15) is 0 Å². The molecule has 0 fully saturated rings. The molecule has 0 radical (unpaired) electrons. The molecular weight excluding hydrogens is 262 g/mol. The molecule has 0 aliphatic rings. The van der Waals surface area contributed by atoms with Gasteiger partial charge in [-0.15, -0.1) is 11.6 Å². The Hall–Kier alpha value is 0.380. The van der Waals surface area contributed by atoms with Gasteiger partial charge in [0.1, 0.15) is 0 Å². The zero-order valence-electron chi connectivity index (χ0n) is 7.61. The van der Waals surface area contributed by atoms with Crippen molar-refractivity contribution in [3.8, 4) is 0 Å². The molecule has 0 amide bonds. The van der Waals surface area contributed by atoms with E-state index in [1.165, 1.54) is 0 Å². The Balaban J connectivity index is 2.89. The SMILES string of the molecule is CCC(Cl)c1ccc(C(Cl)(Cl)Cl)cc1. The normalized spacial score (nSPS) is 14.1. The Kier molecular flexibility index (Phi) is 4.39. The Bertz CT molecular complexity index is 286. The maximum absolute atomic E-state index is 6.06. The maximum atomic E-state index is 6.06. The van der Waals surface area contributed by atoms with E-state index in [9.17, 15) is 0 Å². The van der Waals surface area contributed by atoms with Crippen molar-refractivity contribution in [2.75, 3.05) is 0 Å². The number of benzene rings is 1. The third kappa shape index (κ3) is 3.20. The van der Waals surface area contributed by atoms with E-state index in [1.54, 1.807) is 12.1 Å². The van der Waals surface area contributed by atoms with Gasteiger partial charge in [0.15, 0.2) is 0 Å². The molecule has 14 heavy (non-hydrogen) atoms. The topological polar surface area (TPSA) is 0 Å². The van der Waals surface area contributed by atoms with Crippen molar-refractivity contribution in [1.29, 1.82) is 0 Å². The van der Waals surface area contributed by atoms with E-state index in [0.717, 1.165) is 12.0 Å². The molecular formula is C10H10Cl4. The summed E-state index contributed by atoms with van der Waals surface area (Å²) in [5.41, 5.74) is 1.71. The third-order valence-electron chi connectivity index (χ3n) is 1.96. The predicted molar refractivity (Wildman–Crippen MR) is 64.6 cm³/mol. The van der Waals surface area contributed by atoms with Crippen LogP contribution >= 0.6 is 46.4 Å². The Morgan fingerprint density at radius 1 is 1.14 bits per heavy atom. The van der Waals surface area contributed by atoms with E-state index in [1.807, 2.05) is 19.1 Å². The van der Waals surface area contributed by atoms with Crippen molar-refractivity contribution in [2.24, 2.45) is 0 Å². The number of rotatable bonds is 2. The van der Waals surface area contributed by atoms with Gasteiger partial charge in [0.2, 0.25) is 3.79 Å². The minimum atomic E-state index is -1.35. The van der Waals surface area contributed by atoms with E-state index in [-0.39, 0.29) is 5.38 Å². The fourth-order valence-corrected chi connectivity index (χ4v) is 1.64. The van der Waals surface area contributed by atoms with Crippen LogP contribution in [0.3, 0.4) is 0 Å². The van der Waals surface area contributed by atoms with Gasteiger partial charge in [0, 0.05) is 5.56 Å². The summed E-state index contributed by atoms with van der Waals surface area (Å²) in [6.45, 7) is 2.03. The molecule has 1 aromatic rings. The first kappa shape index (κ1) is 12.4. The van der Waals surface area contributed by atoms with Crippen LogP contribution in [0.5, 0.6) is 0 Å². The lowest BCUT2D eigenvalue weighted by molar-refractivity contribution is 0.882. The van der Waals surface area contributed by atoms with Crippen molar-refractivity contribution in [1.82, 2.24) is 0 Å². The molecule has 0 saturated heterocycles. The van der Waals surface area contributed by atoms with Crippen LogP contribution in [-0.4, -0.2) is 0 Å². The first-order valence-corrected chi connectivity index (χ1v) is 5.83. The van der Waals surface area contributed by atoms with Crippen LogP contribution in [0.1, 0.15) is 29.8 Å². The second-order valence-electron chi connectivity index (χ2n) is 3.00. The molecule has 0 aliphatic carbocycles. The Morgan fingerprint density at radius 2 is 1.64 bits per heavy atom. The summed E-state index contributed by atoms with van der Waals surface area (Å²) in [6.07, 6.45) is 0.884. The van der Waals surface area contributed by atoms with E-state index in [4.69, 9.17) is 46.4 Å². The highest BCUT2D eigenvalue weighted by atomic mass is 35.6. The van der Waals surface area contributed by atoms with Crippen LogP contribution in [0.15, 0.2) is 24.3 Å². The second kappa shape index (κ2) is 4.94. The molecule has 0 spiro atoms. The molecule has 0 N–H and O–H groups in total. The second-order valence-corrected chi connectivity index (χ2v) is 5.80. The smallest absolute Gasteiger partial charge is 0.118 e. The molecule has 4 heteroatoms. The summed E-state index contributed by atoms with van der Waals surface area (Å²) in [6, 6.07) is 7.34. The summed E-state index contributed by atoms with van der Waals surface area (Å²) < 4.78 is -1.35. The molecule has 0 nitrogen and oxygen atoms in total. The van der Waals surface area contributed by atoms with Gasteiger partial charge in [0.25, 0.3) is 0 Å². The van der Waals surface area contributed by atoms with Crippen LogP contribution in [0, 0.1) is 0 Å². The molecule has 0 bridgehead atoms. The minimum Gasteiger partial charge on any atom is -0.118 e. The maximum Gasteiger partial charge on any atom is 0.216 e. The Morgan fingerprint density at radius 3 is 2.00 bits per heavy atom. The lowest BCUT2D eigenvalue weighted by Gasteiger charge is -2.13. The van der Waals surface area contributed by atoms with Crippen molar-refractivity contribution in [3.05, 3.63) is 35.4 Å². The predicted octanol–water partition coefficient (Wildman–Crippen LogP) is 5.20. The summed E-state index contributed by atoms with van der Waals surface area (Å²) in [7, 11) is 0. The molecule has 0 aliphatic heterocycles. The number of halogens is 4. The molecule has 1 atom stereocenters. The zero-order valence-corrected chi connectivity index (χ0v) is 10.6. The zero-order chi connectivity index (χ0) is 10.8. The quantitative estimate of drug-likeness (QED) is 0.649. The average Bonchev–Trinajstić information content (AvgIpc) is 2.15. The molecule has 1 aromatic carbocycles. The third-order valence-corrected chi connectivity index (χ3v) is 3.17. The van der Waals surface area contributed by atoms with Crippen LogP contribution in [0.4, 0.5) is 0 Å². The van der Waals surface area contributed by atoms with Crippen molar-refractivity contribution < 1.29 is 0 Å². The first-order chi connectivity index (χ1) is 6.45. The fourth-order valence-electron chi connectivity index (χ4n) is 1.12. The summed E-state index contributed by atoms with van der Waals surface area (Å²) in [4.78, 5) is 0. The largest absolute Gasteiger partial charge is 0.216 e. The van der Waals surface area contributed by atoms with Gasteiger partial charge in [-0.25, -0.2) is 0 Å². The fraction of sp³-hybridized carbons (Fsp3) is 0.400. The van der Waals surface area contributed by atoms with Gasteiger partial charge >= 0.3 is 0 Å². The van der Waals surface area contributed by atoms with Gasteiger partial charge in [-0.05, 0) is 12.0 Å². The van der Waals surface area contributed by atoms with E-state index in [2.05, 4.69) is 0 Å². The summed E-state index contributed by atoms with van der Waals surface area (Å²) >= 11 is 23.2. The summed E-state index contributed by atoms with van der Waals surface area (Å²) in [5, 5.41) is 0.0272. The van der Waals surface area contributed by atoms with Crippen molar-refractivity contribution >= 4 is 46.4 Å². The minimum absolute atomic E-state index is 0.0272. The molecule has 0 aromatic heterocycles. The molecule has 0 heterocycles. The van der Waals surface area contributed by atoms with Gasteiger partial charge in [-0.3, -0.25) is 0 Å². The number of hydrogen-bond donors (Lipinski definition) is 0. The van der Waals surface area contributed by atoms with Gasteiger partial charge in [0.05, 0.1) is 5.38 Å². The van der Waals surface area contributed by atoms with Crippen molar-refractivity contribution in [2.45, 2.75) is 22.5 Å². The van der Waals surface area contributed by atoms with Crippen LogP contribution in [0.2, 0.25) is 0 Å². The lowest BCUT2D eigenvalue weighted by Crippen LogP contribution is -2.00. The standard InChI is InChI=1S/C10H10Cl4/c1-2-9(11)7-3-5-8(6-4-7)10(12,13)14/h3-6,9H,2H2,1H3. The van der Waals surface area contributed by atoms with Crippen LogP contribution in [-0.2, 0) is 3.79 Å². The van der Waals surface area contributed by atoms with Gasteiger partial charge < -0.3 is 0 Å². The van der Waals surface area contributed by atoms with Crippen LogP contribution in [0.25, 0.3) is 0 Å².